The third-order valence-corrected chi connectivity index (χ3v) is 2.95. The first-order valence-corrected chi connectivity index (χ1v) is 5.94. The Labute approximate surface area is 107 Å². The highest BCUT2D eigenvalue weighted by Gasteiger charge is 2.06. The van der Waals surface area contributed by atoms with Crippen LogP contribution >= 0.6 is 15.9 Å². The third-order valence-electron chi connectivity index (χ3n) is 2.42. The number of hydrogen-bond acceptors (Lipinski definition) is 2. The maximum Gasteiger partial charge on any atom is 0.305 e. The largest absolute Gasteiger partial charge is 0.481 e. The van der Waals surface area contributed by atoms with Gasteiger partial charge in [0.05, 0.1) is 24.6 Å². The van der Waals surface area contributed by atoms with Crippen molar-refractivity contribution >= 4 is 21.9 Å². The summed E-state index contributed by atoms with van der Waals surface area (Å²) in [6.07, 6.45) is 3.49. The van der Waals surface area contributed by atoms with Crippen LogP contribution in [0.2, 0.25) is 0 Å². The van der Waals surface area contributed by atoms with Crippen LogP contribution in [0, 0.1) is 0 Å². The Morgan fingerprint density at radius 1 is 1.35 bits per heavy atom. The minimum absolute atomic E-state index is 0.0971. The van der Waals surface area contributed by atoms with Gasteiger partial charge in [-0.1, -0.05) is 28.1 Å². The van der Waals surface area contributed by atoms with Crippen molar-refractivity contribution in [2.45, 2.75) is 13.0 Å². The van der Waals surface area contributed by atoms with Gasteiger partial charge in [0, 0.05) is 11.0 Å². The molecule has 0 saturated carbocycles. The van der Waals surface area contributed by atoms with Crippen LogP contribution < -0.4 is 0 Å². The zero-order valence-electron chi connectivity index (χ0n) is 9.01. The topological polar surface area (TPSA) is 55.1 Å². The number of aromatic nitrogens is 2. The maximum atomic E-state index is 10.5. The maximum absolute atomic E-state index is 10.5. The molecule has 0 aliphatic heterocycles. The van der Waals surface area contributed by atoms with Gasteiger partial charge in [-0.15, -0.1) is 0 Å². The summed E-state index contributed by atoms with van der Waals surface area (Å²) in [5.41, 5.74) is 1.95. The lowest BCUT2D eigenvalue weighted by Crippen LogP contribution is -2.04. The van der Waals surface area contributed by atoms with E-state index in [1.807, 2.05) is 28.8 Å². The Kier molecular flexibility index (Phi) is 3.58. The second-order valence-electron chi connectivity index (χ2n) is 3.62. The second kappa shape index (κ2) is 5.14. The summed E-state index contributed by atoms with van der Waals surface area (Å²) in [6.45, 7) is 0.431. The molecule has 0 radical (unpaired) electrons. The monoisotopic (exact) mass is 294 g/mol. The van der Waals surface area contributed by atoms with Gasteiger partial charge in [0.25, 0.3) is 0 Å². The number of aliphatic carboxylic acids is 1. The molecular weight excluding hydrogens is 284 g/mol. The van der Waals surface area contributed by atoms with Gasteiger partial charge in [0.2, 0.25) is 0 Å². The molecule has 1 heterocycles. The summed E-state index contributed by atoms with van der Waals surface area (Å²) in [5, 5.41) is 8.67. The van der Waals surface area contributed by atoms with Crippen LogP contribution in [-0.2, 0) is 11.3 Å². The Bertz CT molecular complexity index is 520. The highest BCUT2D eigenvalue weighted by atomic mass is 79.9. The molecule has 0 aliphatic carbocycles. The molecule has 0 unspecified atom stereocenters. The quantitative estimate of drug-likeness (QED) is 0.943. The van der Waals surface area contributed by atoms with E-state index in [-0.39, 0.29) is 6.42 Å². The van der Waals surface area contributed by atoms with Crippen molar-refractivity contribution < 1.29 is 9.90 Å². The van der Waals surface area contributed by atoms with Gasteiger partial charge in [0.1, 0.15) is 0 Å². The zero-order chi connectivity index (χ0) is 12.3. The average molecular weight is 295 g/mol. The van der Waals surface area contributed by atoms with Crippen molar-refractivity contribution in [3.8, 4) is 11.3 Å². The number of rotatable bonds is 4. The van der Waals surface area contributed by atoms with E-state index in [1.54, 1.807) is 12.5 Å². The molecule has 88 valence electrons. The standard InChI is InChI=1S/C12H11BrN2O2/c13-10-3-1-9(2-4-10)11-7-14-8-15(11)6-5-12(16)17/h1-4,7-8H,5-6H2,(H,16,17). The van der Waals surface area contributed by atoms with E-state index in [2.05, 4.69) is 20.9 Å². The first-order valence-electron chi connectivity index (χ1n) is 5.14. The zero-order valence-corrected chi connectivity index (χ0v) is 10.6. The minimum Gasteiger partial charge on any atom is -0.481 e. The van der Waals surface area contributed by atoms with Gasteiger partial charge in [-0.3, -0.25) is 4.79 Å². The van der Waals surface area contributed by atoms with Crippen LogP contribution in [0.1, 0.15) is 6.42 Å². The normalized spacial score (nSPS) is 10.4. The molecule has 2 aromatic rings. The number of carbonyl (C=O) groups is 1. The van der Waals surface area contributed by atoms with Crippen LogP contribution in [0.3, 0.4) is 0 Å². The lowest BCUT2D eigenvalue weighted by Gasteiger charge is -2.06. The molecule has 2 rings (SSSR count). The number of imidazole rings is 1. The van der Waals surface area contributed by atoms with E-state index in [0.29, 0.717) is 6.54 Å². The van der Waals surface area contributed by atoms with Crippen LogP contribution in [0.25, 0.3) is 11.3 Å². The van der Waals surface area contributed by atoms with E-state index in [9.17, 15) is 4.79 Å². The molecule has 0 bridgehead atoms. The number of aryl methyl sites for hydroxylation is 1. The van der Waals surface area contributed by atoms with Gasteiger partial charge in [0.15, 0.2) is 0 Å². The predicted molar refractivity (Wildman–Crippen MR) is 67.6 cm³/mol. The molecule has 17 heavy (non-hydrogen) atoms. The molecule has 0 atom stereocenters. The van der Waals surface area contributed by atoms with Crippen LogP contribution in [-0.4, -0.2) is 20.6 Å². The highest BCUT2D eigenvalue weighted by molar-refractivity contribution is 9.10. The van der Waals surface area contributed by atoms with Crippen LogP contribution in [0.15, 0.2) is 41.3 Å². The van der Waals surface area contributed by atoms with Crippen LogP contribution in [0.5, 0.6) is 0 Å². The summed E-state index contributed by atoms with van der Waals surface area (Å²) >= 11 is 3.38. The molecule has 5 heteroatoms. The number of benzene rings is 1. The molecule has 4 nitrogen and oxygen atoms in total. The van der Waals surface area contributed by atoms with E-state index in [4.69, 9.17) is 5.11 Å². The molecular formula is C12H11BrN2O2. The summed E-state index contributed by atoms with van der Waals surface area (Å²) in [4.78, 5) is 14.6. The number of carboxylic acids is 1. The first kappa shape index (κ1) is 11.9. The molecule has 0 fully saturated rings. The fourth-order valence-electron chi connectivity index (χ4n) is 1.58. The van der Waals surface area contributed by atoms with Gasteiger partial charge in [-0.05, 0) is 17.7 Å². The summed E-state index contributed by atoms with van der Waals surface area (Å²) in [5.74, 6) is -0.805. The number of nitrogens with zero attached hydrogens (tertiary/aromatic N) is 2. The molecule has 0 amide bonds. The fourth-order valence-corrected chi connectivity index (χ4v) is 1.84. The number of halogens is 1. The summed E-state index contributed by atoms with van der Waals surface area (Å²) < 4.78 is 2.86. The SMILES string of the molecule is O=C(O)CCn1cncc1-c1ccc(Br)cc1. The van der Waals surface area contributed by atoms with Gasteiger partial charge in [-0.25, -0.2) is 4.98 Å². The molecule has 1 aromatic heterocycles. The minimum atomic E-state index is -0.805. The average Bonchev–Trinajstić information content (AvgIpc) is 2.75. The van der Waals surface area contributed by atoms with Crippen molar-refractivity contribution in [3.63, 3.8) is 0 Å². The summed E-state index contributed by atoms with van der Waals surface area (Å²) in [7, 11) is 0. The lowest BCUT2D eigenvalue weighted by molar-refractivity contribution is -0.137. The van der Waals surface area contributed by atoms with Gasteiger partial charge in [-0.2, -0.15) is 0 Å². The van der Waals surface area contributed by atoms with Gasteiger partial charge >= 0.3 is 5.97 Å². The Hall–Kier alpha value is -1.62. The molecule has 0 saturated heterocycles. The van der Waals surface area contributed by atoms with Gasteiger partial charge < -0.3 is 9.67 Å². The first-order chi connectivity index (χ1) is 8.16. The van der Waals surface area contributed by atoms with E-state index >= 15 is 0 Å². The van der Waals surface area contributed by atoms with Crippen molar-refractivity contribution in [3.05, 3.63) is 41.3 Å². The molecule has 1 aromatic carbocycles. The van der Waals surface area contributed by atoms with E-state index in [1.165, 1.54) is 0 Å². The summed E-state index contributed by atoms with van der Waals surface area (Å²) in [6, 6.07) is 7.84. The number of carboxylic acid groups (broad SMARTS) is 1. The van der Waals surface area contributed by atoms with Crippen molar-refractivity contribution in [1.29, 1.82) is 0 Å². The van der Waals surface area contributed by atoms with E-state index < -0.39 is 5.97 Å². The Morgan fingerprint density at radius 2 is 2.06 bits per heavy atom. The molecule has 0 spiro atoms. The third kappa shape index (κ3) is 2.94. The van der Waals surface area contributed by atoms with Crippen molar-refractivity contribution in [2.24, 2.45) is 0 Å². The highest BCUT2D eigenvalue weighted by Crippen LogP contribution is 2.21. The van der Waals surface area contributed by atoms with Crippen molar-refractivity contribution in [2.75, 3.05) is 0 Å². The molecule has 1 N–H and O–H groups in total. The second-order valence-corrected chi connectivity index (χ2v) is 4.54. The van der Waals surface area contributed by atoms with Crippen LogP contribution in [0.4, 0.5) is 0 Å². The van der Waals surface area contributed by atoms with E-state index in [0.717, 1.165) is 15.7 Å². The Morgan fingerprint density at radius 3 is 2.71 bits per heavy atom. The molecule has 0 aliphatic rings. The predicted octanol–water partition coefficient (Wildman–Crippen LogP) is 2.79. The fraction of sp³-hybridized carbons (Fsp3) is 0.167. The lowest BCUT2D eigenvalue weighted by atomic mass is 10.2. The van der Waals surface area contributed by atoms with Crippen molar-refractivity contribution in [1.82, 2.24) is 9.55 Å². The Balaban J connectivity index is 2.24. The smallest absolute Gasteiger partial charge is 0.305 e. The number of hydrogen-bond donors (Lipinski definition) is 1.